The Balaban J connectivity index is 1.56. The van der Waals surface area contributed by atoms with Gasteiger partial charge in [-0.1, -0.05) is 42.7 Å². The van der Waals surface area contributed by atoms with Crippen LogP contribution in [0, 0.1) is 12.8 Å². The third kappa shape index (κ3) is 4.93. The number of piperidine rings is 1. The molecule has 2 unspecified atom stereocenters. The first kappa shape index (κ1) is 21.3. The number of likely N-dealkylation sites (N-methyl/N-ethyl adjacent to an activating group) is 1. The average molecular weight is 409 g/mol. The van der Waals surface area contributed by atoms with Crippen molar-refractivity contribution in [3.8, 4) is 0 Å². The molecule has 2 atom stereocenters. The predicted molar refractivity (Wildman–Crippen MR) is 109 cm³/mol. The maximum atomic E-state index is 12.9. The molecule has 0 spiro atoms. The molecule has 0 radical (unpaired) electrons. The molecule has 1 aromatic rings. The minimum atomic E-state index is -3.38. The summed E-state index contributed by atoms with van der Waals surface area (Å²) in [6.07, 6.45) is 4.27. The number of sulfonamides is 1. The predicted octanol–water partition coefficient (Wildman–Crippen LogP) is 2.30. The van der Waals surface area contributed by atoms with Gasteiger partial charge in [0.15, 0.2) is 0 Å². The number of hydrogen-bond donors (Lipinski definition) is 1. The molecule has 1 aliphatic heterocycles. The number of benzene rings is 1. The van der Waals surface area contributed by atoms with Crippen molar-refractivity contribution in [2.75, 3.05) is 20.1 Å². The summed E-state index contributed by atoms with van der Waals surface area (Å²) in [6, 6.07) is 7.46. The van der Waals surface area contributed by atoms with Crippen molar-refractivity contribution >= 4 is 15.9 Å². The van der Waals surface area contributed by atoms with Crippen LogP contribution < -0.4 is 0 Å². The molecule has 1 aliphatic carbocycles. The van der Waals surface area contributed by atoms with E-state index in [0.717, 1.165) is 36.8 Å². The van der Waals surface area contributed by atoms with Gasteiger partial charge < -0.3 is 10.0 Å². The van der Waals surface area contributed by atoms with Gasteiger partial charge >= 0.3 is 0 Å². The first-order valence-corrected chi connectivity index (χ1v) is 11.9. The molecule has 6 nitrogen and oxygen atoms in total. The minimum Gasteiger partial charge on any atom is -0.391 e. The van der Waals surface area contributed by atoms with Gasteiger partial charge in [-0.3, -0.25) is 4.79 Å². The molecular formula is C21H32N2O4S. The van der Waals surface area contributed by atoms with Crippen molar-refractivity contribution in [1.82, 2.24) is 9.21 Å². The highest BCUT2D eigenvalue weighted by Crippen LogP contribution is 2.27. The molecule has 2 fully saturated rings. The number of aryl methyl sites for hydroxylation is 1. The molecule has 1 saturated carbocycles. The molecular weight excluding hydrogens is 376 g/mol. The van der Waals surface area contributed by atoms with E-state index in [4.69, 9.17) is 0 Å². The summed E-state index contributed by atoms with van der Waals surface area (Å²) in [6.45, 7) is 2.71. The summed E-state index contributed by atoms with van der Waals surface area (Å²) in [5.74, 6) is -0.118. The Morgan fingerprint density at radius 1 is 1.18 bits per heavy atom. The number of carbonyl (C=O) groups is 1. The van der Waals surface area contributed by atoms with E-state index >= 15 is 0 Å². The van der Waals surface area contributed by atoms with Gasteiger partial charge in [0.1, 0.15) is 0 Å². The van der Waals surface area contributed by atoms with Crippen LogP contribution in [0.2, 0.25) is 0 Å². The second-order valence-electron chi connectivity index (χ2n) is 8.29. The molecule has 1 heterocycles. The maximum Gasteiger partial charge on any atom is 0.225 e. The van der Waals surface area contributed by atoms with Gasteiger partial charge in [-0.25, -0.2) is 12.7 Å². The van der Waals surface area contributed by atoms with Gasteiger partial charge in [-0.15, -0.1) is 0 Å². The van der Waals surface area contributed by atoms with Crippen LogP contribution in [0.4, 0.5) is 0 Å². The highest BCUT2D eigenvalue weighted by Gasteiger charge is 2.36. The Kier molecular flexibility index (Phi) is 6.78. The van der Waals surface area contributed by atoms with E-state index in [2.05, 4.69) is 0 Å². The lowest BCUT2D eigenvalue weighted by Gasteiger charge is -2.38. The Labute approximate surface area is 168 Å². The van der Waals surface area contributed by atoms with E-state index in [1.165, 1.54) is 4.31 Å². The zero-order chi connectivity index (χ0) is 20.3. The Hall–Kier alpha value is -1.44. The van der Waals surface area contributed by atoms with Crippen LogP contribution in [0.25, 0.3) is 0 Å². The molecule has 1 N–H and O–H groups in total. The van der Waals surface area contributed by atoms with E-state index in [1.807, 2.05) is 31.2 Å². The van der Waals surface area contributed by atoms with Crippen LogP contribution in [0.1, 0.15) is 49.7 Å². The lowest BCUT2D eigenvalue weighted by molar-refractivity contribution is -0.141. The summed E-state index contributed by atoms with van der Waals surface area (Å²) in [5, 5.41) is 10.2. The van der Waals surface area contributed by atoms with Crippen LogP contribution in [0.3, 0.4) is 0 Å². The van der Waals surface area contributed by atoms with Gasteiger partial charge in [0, 0.05) is 26.1 Å². The molecule has 7 heteroatoms. The summed E-state index contributed by atoms with van der Waals surface area (Å²) >= 11 is 0. The molecule has 0 bridgehead atoms. The van der Waals surface area contributed by atoms with Crippen LogP contribution in [0.5, 0.6) is 0 Å². The summed E-state index contributed by atoms with van der Waals surface area (Å²) in [7, 11) is -1.60. The minimum absolute atomic E-state index is 0.00145. The van der Waals surface area contributed by atoms with Gasteiger partial charge in [0.05, 0.1) is 17.9 Å². The fraction of sp³-hybridized carbons (Fsp3) is 0.667. The number of carbonyl (C=O) groups excluding carboxylic acids is 1. The van der Waals surface area contributed by atoms with E-state index < -0.39 is 16.1 Å². The lowest BCUT2D eigenvalue weighted by Crippen LogP contribution is -2.50. The Bertz CT molecular complexity index is 787. The zero-order valence-electron chi connectivity index (χ0n) is 16.9. The Morgan fingerprint density at radius 2 is 1.86 bits per heavy atom. The normalized spacial score (nSPS) is 24.8. The van der Waals surface area contributed by atoms with Gasteiger partial charge in [-0.2, -0.15) is 0 Å². The lowest BCUT2D eigenvalue weighted by atomic mass is 9.89. The number of nitrogens with zero attached hydrogens (tertiary/aromatic N) is 2. The van der Waals surface area contributed by atoms with E-state index in [9.17, 15) is 18.3 Å². The third-order valence-electron chi connectivity index (χ3n) is 6.17. The van der Waals surface area contributed by atoms with E-state index in [-0.39, 0.29) is 23.6 Å². The molecule has 156 valence electrons. The van der Waals surface area contributed by atoms with Crippen molar-refractivity contribution in [2.45, 2.75) is 63.3 Å². The summed E-state index contributed by atoms with van der Waals surface area (Å²) < 4.78 is 27.1. The fourth-order valence-corrected chi connectivity index (χ4v) is 6.03. The molecule has 28 heavy (non-hydrogen) atoms. The van der Waals surface area contributed by atoms with Gasteiger partial charge in [-0.05, 0) is 38.2 Å². The molecule has 1 amide bonds. The highest BCUT2D eigenvalue weighted by molar-refractivity contribution is 7.88. The maximum absolute atomic E-state index is 12.9. The number of aliphatic hydroxyl groups is 1. The topological polar surface area (TPSA) is 77.9 Å². The van der Waals surface area contributed by atoms with Crippen LogP contribution in [-0.4, -0.2) is 60.9 Å². The van der Waals surface area contributed by atoms with E-state index in [0.29, 0.717) is 25.9 Å². The fourth-order valence-electron chi connectivity index (χ4n) is 4.48. The molecule has 3 rings (SSSR count). The molecule has 1 saturated heterocycles. The van der Waals surface area contributed by atoms with Crippen molar-refractivity contribution < 1.29 is 18.3 Å². The highest BCUT2D eigenvalue weighted by atomic mass is 32.2. The van der Waals surface area contributed by atoms with Crippen molar-refractivity contribution in [3.05, 3.63) is 35.4 Å². The summed E-state index contributed by atoms with van der Waals surface area (Å²) in [5.41, 5.74) is 1.84. The summed E-state index contributed by atoms with van der Waals surface area (Å²) in [4.78, 5) is 14.6. The monoisotopic (exact) mass is 408 g/mol. The number of amides is 1. The first-order chi connectivity index (χ1) is 13.3. The first-order valence-electron chi connectivity index (χ1n) is 10.3. The number of aliphatic hydroxyl groups excluding tert-OH is 1. The van der Waals surface area contributed by atoms with Crippen LogP contribution >= 0.6 is 0 Å². The smallest absolute Gasteiger partial charge is 0.225 e. The van der Waals surface area contributed by atoms with Crippen molar-refractivity contribution in [3.63, 3.8) is 0 Å². The zero-order valence-corrected chi connectivity index (χ0v) is 17.7. The van der Waals surface area contributed by atoms with Gasteiger partial charge in [0.2, 0.25) is 15.9 Å². The molecule has 0 aromatic heterocycles. The second kappa shape index (κ2) is 8.93. The quantitative estimate of drug-likeness (QED) is 0.811. The molecule has 1 aromatic carbocycles. The van der Waals surface area contributed by atoms with Crippen LogP contribution in [0.15, 0.2) is 24.3 Å². The SMILES string of the molecule is Cc1cccc(CS(=O)(=O)N2CCC(C(=O)N(C)C3CCCCC3O)CC2)c1. The Morgan fingerprint density at radius 3 is 2.50 bits per heavy atom. The number of hydrogen-bond acceptors (Lipinski definition) is 4. The molecule has 2 aliphatic rings. The van der Waals surface area contributed by atoms with Gasteiger partial charge in [0.25, 0.3) is 0 Å². The largest absolute Gasteiger partial charge is 0.391 e. The second-order valence-corrected chi connectivity index (χ2v) is 10.3. The average Bonchev–Trinajstić information content (AvgIpc) is 2.67. The van der Waals surface area contributed by atoms with E-state index in [1.54, 1.807) is 11.9 Å². The standard InChI is InChI=1S/C21H32N2O4S/c1-16-6-5-7-17(14-16)15-28(26,27)23-12-10-18(11-13-23)21(25)22(2)19-8-3-4-9-20(19)24/h5-7,14,18-20,24H,3-4,8-13,15H2,1-2H3. The number of rotatable bonds is 5. The van der Waals surface area contributed by atoms with Crippen molar-refractivity contribution in [1.29, 1.82) is 0 Å². The third-order valence-corrected chi connectivity index (χ3v) is 8.02. The van der Waals surface area contributed by atoms with Crippen LogP contribution in [-0.2, 0) is 20.6 Å². The van der Waals surface area contributed by atoms with Crippen molar-refractivity contribution in [2.24, 2.45) is 5.92 Å².